The Balaban J connectivity index is 0.000000137. The van der Waals surface area contributed by atoms with Crippen LogP contribution >= 0.6 is 0 Å². The largest absolute Gasteiger partial charge is 0.0911 e. The quantitative estimate of drug-likeness (QED) is 0.133. The van der Waals surface area contributed by atoms with Crippen LogP contribution in [0.15, 0.2) is 232 Å². The van der Waals surface area contributed by atoms with Crippen LogP contribution in [0.25, 0.3) is 66.9 Å². The van der Waals surface area contributed by atoms with Gasteiger partial charge in [-0.15, -0.1) is 0 Å². The summed E-state index contributed by atoms with van der Waals surface area (Å²) in [4.78, 5) is 0. The average molecular weight is 959 g/mol. The van der Waals surface area contributed by atoms with Gasteiger partial charge in [-0.1, -0.05) is 275 Å². The fourth-order valence-corrected chi connectivity index (χ4v) is 10.7. The van der Waals surface area contributed by atoms with E-state index >= 15 is 0 Å². The Morgan fingerprint density at radius 2 is 1.15 bits per heavy atom. The molecule has 0 fully saturated rings. The lowest BCUT2D eigenvalue weighted by molar-refractivity contribution is 0.660. The van der Waals surface area contributed by atoms with Gasteiger partial charge in [0.1, 0.15) is 0 Å². The average Bonchev–Trinajstić information content (AvgIpc) is 3.68. The Kier molecular flexibility index (Phi) is 15.7. The number of aryl methyl sites for hydroxylation is 5. The maximum absolute atomic E-state index is 4.42. The molecule has 0 aromatic heterocycles. The van der Waals surface area contributed by atoms with Crippen molar-refractivity contribution in [1.82, 2.24) is 0 Å². The molecule has 0 N–H and O–H groups in total. The van der Waals surface area contributed by atoms with E-state index in [4.69, 9.17) is 0 Å². The van der Waals surface area contributed by atoms with Gasteiger partial charge in [-0.05, 0) is 164 Å². The molecule has 0 atom stereocenters. The summed E-state index contributed by atoms with van der Waals surface area (Å²) in [6.07, 6.45) is 15.3. The van der Waals surface area contributed by atoms with E-state index in [1.165, 1.54) is 116 Å². The highest BCUT2D eigenvalue weighted by atomic mass is 14.4. The highest BCUT2D eigenvalue weighted by Crippen LogP contribution is 2.50. The summed E-state index contributed by atoms with van der Waals surface area (Å²) in [7, 11) is 0. The summed E-state index contributed by atoms with van der Waals surface area (Å²) >= 11 is 0. The zero-order chi connectivity index (χ0) is 51.8. The van der Waals surface area contributed by atoms with Gasteiger partial charge in [0.2, 0.25) is 0 Å². The molecule has 0 heterocycles. The zero-order valence-corrected chi connectivity index (χ0v) is 44.6. The van der Waals surface area contributed by atoms with Crippen LogP contribution in [-0.4, -0.2) is 0 Å². The van der Waals surface area contributed by atoms with Crippen molar-refractivity contribution < 1.29 is 0 Å². The van der Waals surface area contributed by atoms with Gasteiger partial charge in [0.25, 0.3) is 0 Å². The van der Waals surface area contributed by atoms with E-state index in [0.29, 0.717) is 0 Å². The molecule has 2 aliphatic carbocycles. The standard InChI is InChI=1S/C27H28.C25H22.C22H20/c1-5-9-25-19-18-24-10-7-8-11-26(24)27(25)21(4)14-17-22(6-2)23-15-12-20(3)13-16-23;1-18-11-13-20(14-12-18)22-15-16-25-19(2)24-10-6-5-8-21(24)7-3-4-9-23(25)17-22;1-15-9-11-18-19-12-10-17(16-7-5-4-6-8-16)14-21(19)22(2,3)20(18)13-15/h6-8,10-19H,4-5,9H2,1-3H3;3,5-8,10-17H,2,4,9H2,1H3;4-14H,1-3H3/b17-14-,22-6+;7-3-;. The minimum atomic E-state index is 0.0709. The van der Waals surface area contributed by atoms with Gasteiger partial charge in [0, 0.05) is 5.41 Å². The molecule has 0 spiro atoms. The fourth-order valence-electron chi connectivity index (χ4n) is 10.7. The first-order valence-corrected chi connectivity index (χ1v) is 26.5. The molecule has 366 valence electrons. The Morgan fingerprint density at radius 3 is 1.88 bits per heavy atom. The number of rotatable bonds is 8. The first-order valence-electron chi connectivity index (χ1n) is 26.5. The van der Waals surface area contributed by atoms with Gasteiger partial charge >= 0.3 is 0 Å². The predicted molar refractivity (Wildman–Crippen MR) is 324 cm³/mol. The molecule has 0 unspecified atom stereocenters. The highest BCUT2D eigenvalue weighted by Gasteiger charge is 2.35. The van der Waals surface area contributed by atoms with E-state index in [9.17, 15) is 0 Å². The van der Waals surface area contributed by atoms with Crippen molar-refractivity contribution in [3.05, 3.63) is 298 Å². The van der Waals surface area contributed by atoms with Crippen LogP contribution in [0.1, 0.15) is 107 Å². The minimum Gasteiger partial charge on any atom is -0.0911 e. The molecule has 0 saturated heterocycles. The molecule has 9 aromatic rings. The van der Waals surface area contributed by atoms with Crippen molar-refractivity contribution in [2.45, 2.75) is 79.6 Å². The molecule has 0 nitrogen and oxygen atoms in total. The monoisotopic (exact) mass is 959 g/mol. The second-order valence-corrected chi connectivity index (χ2v) is 20.6. The lowest BCUT2D eigenvalue weighted by atomic mass is 9.81. The van der Waals surface area contributed by atoms with Crippen molar-refractivity contribution in [1.29, 1.82) is 0 Å². The molecule has 74 heavy (non-hydrogen) atoms. The highest BCUT2D eigenvalue weighted by molar-refractivity contribution is 5.98. The zero-order valence-electron chi connectivity index (χ0n) is 44.6. The van der Waals surface area contributed by atoms with Crippen LogP contribution in [0, 0.1) is 20.8 Å². The molecular formula is C74H70. The van der Waals surface area contributed by atoms with E-state index in [2.05, 4.69) is 286 Å². The third kappa shape index (κ3) is 11.1. The van der Waals surface area contributed by atoms with Gasteiger partial charge in [-0.25, -0.2) is 0 Å². The summed E-state index contributed by atoms with van der Waals surface area (Å²) < 4.78 is 0. The van der Waals surface area contributed by atoms with Gasteiger partial charge in [0.15, 0.2) is 0 Å². The van der Waals surface area contributed by atoms with Crippen molar-refractivity contribution in [3.63, 3.8) is 0 Å². The van der Waals surface area contributed by atoms with Crippen LogP contribution in [-0.2, 0) is 18.3 Å². The molecular weight excluding hydrogens is 889 g/mol. The van der Waals surface area contributed by atoms with Crippen LogP contribution in [0.5, 0.6) is 0 Å². The third-order valence-corrected chi connectivity index (χ3v) is 14.9. The number of fused-ring (bicyclic) bond motifs is 6. The van der Waals surface area contributed by atoms with E-state index < -0.39 is 0 Å². The number of hydrogen-bond acceptors (Lipinski definition) is 0. The normalized spacial score (nSPS) is 13.7. The van der Waals surface area contributed by atoms with Crippen LogP contribution < -0.4 is 0 Å². The van der Waals surface area contributed by atoms with E-state index in [-0.39, 0.29) is 5.41 Å². The predicted octanol–water partition coefficient (Wildman–Crippen LogP) is 20.4. The molecule has 0 saturated carbocycles. The van der Waals surface area contributed by atoms with Crippen molar-refractivity contribution in [3.8, 4) is 33.4 Å². The molecule has 0 aliphatic heterocycles. The van der Waals surface area contributed by atoms with Crippen LogP contribution in [0.3, 0.4) is 0 Å². The van der Waals surface area contributed by atoms with Gasteiger partial charge in [-0.2, -0.15) is 0 Å². The molecule has 0 bridgehead atoms. The van der Waals surface area contributed by atoms with E-state index in [1.54, 1.807) is 0 Å². The second kappa shape index (κ2) is 22.8. The molecule has 0 heteroatoms. The smallest absolute Gasteiger partial charge is 0.0159 e. The van der Waals surface area contributed by atoms with E-state index in [1.807, 2.05) is 0 Å². The fraction of sp³-hybridized carbons (Fsp3) is 0.162. The van der Waals surface area contributed by atoms with Gasteiger partial charge in [-0.3, -0.25) is 0 Å². The lowest BCUT2D eigenvalue weighted by Gasteiger charge is -2.22. The summed E-state index contributed by atoms with van der Waals surface area (Å²) in [5, 5.41) is 2.56. The number of hydrogen-bond donors (Lipinski definition) is 0. The van der Waals surface area contributed by atoms with Crippen molar-refractivity contribution in [2.75, 3.05) is 0 Å². The van der Waals surface area contributed by atoms with Crippen LogP contribution in [0.2, 0.25) is 0 Å². The first-order chi connectivity index (χ1) is 35.9. The summed E-state index contributed by atoms with van der Waals surface area (Å²) in [6, 6.07) is 70.2. The van der Waals surface area contributed by atoms with Gasteiger partial charge < -0.3 is 0 Å². The number of allylic oxidation sites excluding steroid dienone is 6. The number of benzene rings is 9. The Bertz CT molecular complexity index is 3570. The van der Waals surface area contributed by atoms with E-state index in [0.717, 1.165) is 36.8 Å². The third-order valence-electron chi connectivity index (χ3n) is 14.9. The Hall–Kier alpha value is -8.06. The Labute approximate surface area is 442 Å². The lowest BCUT2D eigenvalue weighted by Crippen LogP contribution is -2.15. The molecule has 2 aliphatic rings. The minimum absolute atomic E-state index is 0.0709. The molecule has 11 rings (SSSR count). The summed E-state index contributed by atoms with van der Waals surface area (Å²) in [6.45, 7) is 24.3. The maximum Gasteiger partial charge on any atom is 0.0159 e. The van der Waals surface area contributed by atoms with Gasteiger partial charge in [0.05, 0.1) is 0 Å². The Morgan fingerprint density at radius 1 is 0.554 bits per heavy atom. The maximum atomic E-state index is 4.42. The molecule has 0 amide bonds. The van der Waals surface area contributed by atoms with Crippen LogP contribution in [0.4, 0.5) is 0 Å². The first kappa shape index (κ1) is 50.9. The summed E-state index contributed by atoms with van der Waals surface area (Å²) in [5.41, 5.74) is 27.2. The molecule has 0 radical (unpaired) electrons. The molecule has 9 aromatic carbocycles. The topological polar surface area (TPSA) is 0 Å². The SMILES string of the molecule is C=C(/C=C\C(=C/C)c1ccc(C)cc1)c1c(CCC)ccc2ccccc12.C=C1c2ccccc2/C=C\CCc2cc(-c3ccc(C)cc3)ccc21.Cc1ccc2c(c1)C(C)(C)c1cc(-c3ccccc3)ccc1-2. The second-order valence-electron chi connectivity index (χ2n) is 20.6. The van der Waals surface area contributed by atoms with Crippen molar-refractivity contribution in [2.24, 2.45) is 0 Å². The summed E-state index contributed by atoms with van der Waals surface area (Å²) in [5.74, 6) is 0. The van der Waals surface area contributed by atoms with Crippen molar-refractivity contribution >= 4 is 33.6 Å².